The van der Waals surface area contributed by atoms with Gasteiger partial charge in [0.05, 0.1) is 0 Å². The lowest BCUT2D eigenvalue weighted by Crippen LogP contribution is -2.29. The highest BCUT2D eigenvalue weighted by Gasteiger charge is 2.18. The van der Waals surface area contributed by atoms with E-state index in [1.165, 1.54) is 19.8 Å². The monoisotopic (exact) mass is 202 g/mol. The van der Waals surface area contributed by atoms with Crippen LogP contribution in [0.4, 0.5) is 0 Å². The fourth-order valence-electron chi connectivity index (χ4n) is 1.36. The van der Waals surface area contributed by atoms with Gasteiger partial charge in [0.15, 0.2) is 5.78 Å². The van der Waals surface area contributed by atoms with Gasteiger partial charge in [-0.15, -0.1) is 0 Å². The number of rotatable bonds is 8. The van der Waals surface area contributed by atoms with Crippen LogP contribution in [0.2, 0.25) is 0 Å². The Hall–Kier alpha value is -0.410. The van der Waals surface area contributed by atoms with E-state index in [1.807, 2.05) is 0 Å². The summed E-state index contributed by atoms with van der Waals surface area (Å²) in [5, 5.41) is 18.3. The summed E-state index contributed by atoms with van der Waals surface area (Å²) in [4.78, 5) is 11.1. The molecule has 0 saturated heterocycles. The summed E-state index contributed by atoms with van der Waals surface area (Å²) in [6.07, 6.45) is 3.93. The molecule has 14 heavy (non-hydrogen) atoms. The van der Waals surface area contributed by atoms with E-state index < -0.39 is 18.0 Å². The zero-order valence-corrected chi connectivity index (χ0v) is 9.20. The molecular formula is C11H22O3. The van der Waals surface area contributed by atoms with E-state index in [2.05, 4.69) is 6.92 Å². The van der Waals surface area contributed by atoms with Gasteiger partial charge in [0.2, 0.25) is 0 Å². The first kappa shape index (κ1) is 13.6. The lowest BCUT2D eigenvalue weighted by Gasteiger charge is -2.10. The van der Waals surface area contributed by atoms with Crippen LogP contribution in [0.3, 0.4) is 0 Å². The summed E-state index contributed by atoms with van der Waals surface area (Å²) in [7, 11) is 0. The Kier molecular flexibility index (Phi) is 7.71. The molecule has 0 aromatic heterocycles. The second-order valence-corrected chi connectivity index (χ2v) is 3.80. The van der Waals surface area contributed by atoms with Gasteiger partial charge in [0.1, 0.15) is 12.2 Å². The lowest BCUT2D eigenvalue weighted by atomic mass is 10.0. The Labute approximate surface area is 86.1 Å². The van der Waals surface area contributed by atoms with Crippen molar-refractivity contribution in [3.05, 3.63) is 0 Å². The van der Waals surface area contributed by atoms with Gasteiger partial charge < -0.3 is 10.2 Å². The molecule has 0 spiro atoms. The second kappa shape index (κ2) is 7.94. The summed E-state index contributed by atoms with van der Waals surface area (Å²) >= 11 is 0. The molecule has 3 heteroatoms. The topological polar surface area (TPSA) is 57.5 Å². The van der Waals surface area contributed by atoms with Crippen molar-refractivity contribution in [3.8, 4) is 0 Å². The maximum atomic E-state index is 11.1. The molecule has 0 aromatic rings. The smallest absolute Gasteiger partial charge is 0.189 e. The number of carbonyl (C=O) groups excluding carboxylic acids is 1. The van der Waals surface area contributed by atoms with Crippen molar-refractivity contribution >= 4 is 5.78 Å². The third kappa shape index (κ3) is 6.11. The van der Waals surface area contributed by atoms with Crippen LogP contribution in [0.1, 0.15) is 52.4 Å². The minimum Gasteiger partial charge on any atom is -0.386 e. The number of Topliss-reactive ketones (excluding diaryl/α,β-unsaturated/α-hetero) is 1. The minimum atomic E-state index is -1.04. The van der Waals surface area contributed by atoms with E-state index in [1.54, 1.807) is 0 Å². The average Bonchev–Trinajstić information content (AvgIpc) is 2.16. The van der Waals surface area contributed by atoms with Gasteiger partial charge in [0.25, 0.3) is 0 Å². The van der Waals surface area contributed by atoms with Crippen molar-refractivity contribution in [2.24, 2.45) is 0 Å². The second-order valence-electron chi connectivity index (χ2n) is 3.80. The predicted octanol–water partition coefficient (Wildman–Crippen LogP) is 1.66. The number of aliphatic hydroxyl groups is 2. The molecule has 84 valence electrons. The van der Waals surface area contributed by atoms with Crippen LogP contribution in [-0.2, 0) is 4.79 Å². The summed E-state index contributed by atoms with van der Waals surface area (Å²) < 4.78 is 0. The first-order chi connectivity index (χ1) is 6.59. The van der Waals surface area contributed by atoms with Crippen molar-refractivity contribution < 1.29 is 15.0 Å². The Balaban J connectivity index is 3.44. The van der Waals surface area contributed by atoms with E-state index in [0.29, 0.717) is 6.42 Å². The molecule has 0 aliphatic rings. The van der Waals surface area contributed by atoms with Crippen LogP contribution >= 0.6 is 0 Å². The van der Waals surface area contributed by atoms with Crippen LogP contribution in [0.5, 0.6) is 0 Å². The zero-order chi connectivity index (χ0) is 11.0. The van der Waals surface area contributed by atoms with E-state index in [-0.39, 0.29) is 0 Å². The molecule has 2 atom stereocenters. The molecule has 2 unspecified atom stereocenters. The predicted molar refractivity (Wildman–Crippen MR) is 56.1 cm³/mol. The molecule has 0 radical (unpaired) electrons. The van der Waals surface area contributed by atoms with Crippen molar-refractivity contribution in [3.63, 3.8) is 0 Å². The van der Waals surface area contributed by atoms with E-state index in [4.69, 9.17) is 5.11 Å². The average molecular weight is 202 g/mol. The standard InChI is InChI=1S/C11H22O3/c1-3-4-5-6-7-8-10(13)11(14)9(2)12/h9-10,12-13H,3-8H2,1-2H3. The minimum absolute atomic E-state index is 0.458. The first-order valence-corrected chi connectivity index (χ1v) is 5.49. The van der Waals surface area contributed by atoms with Crippen LogP contribution in [0.15, 0.2) is 0 Å². The van der Waals surface area contributed by atoms with Crippen molar-refractivity contribution in [1.82, 2.24) is 0 Å². The number of ketones is 1. The summed E-state index contributed by atoms with van der Waals surface area (Å²) in [5.74, 6) is -0.458. The number of hydrogen-bond donors (Lipinski definition) is 2. The molecular weight excluding hydrogens is 180 g/mol. The Morgan fingerprint density at radius 1 is 1.14 bits per heavy atom. The van der Waals surface area contributed by atoms with Crippen LogP contribution in [0, 0.1) is 0 Å². The van der Waals surface area contributed by atoms with Crippen molar-refractivity contribution in [2.45, 2.75) is 64.6 Å². The molecule has 0 bridgehead atoms. The third-order valence-corrected chi connectivity index (χ3v) is 2.32. The molecule has 0 aliphatic heterocycles. The fourth-order valence-corrected chi connectivity index (χ4v) is 1.36. The summed E-state index contributed by atoms with van der Waals surface area (Å²) in [6, 6.07) is 0. The maximum Gasteiger partial charge on any atom is 0.189 e. The van der Waals surface area contributed by atoms with Gasteiger partial charge in [-0.3, -0.25) is 4.79 Å². The fraction of sp³-hybridized carbons (Fsp3) is 0.909. The first-order valence-electron chi connectivity index (χ1n) is 5.49. The highest BCUT2D eigenvalue weighted by atomic mass is 16.3. The molecule has 0 heterocycles. The van der Waals surface area contributed by atoms with Gasteiger partial charge >= 0.3 is 0 Å². The number of carbonyl (C=O) groups is 1. The van der Waals surface area contributed by atoms with Crippen LogP contribution < -0.4 is 0 Å². The zero-order valence-electron chi connectivity index (χ0n) is 9.20. The molecule has 0 fully saturated rings. The van der Waals surface area contributed by atoms with E-state index in [9.17, 15) is 9.90 Å². The van der Waals surface area contributed by atoms with Gasteiger partial charge in [0, 0.05) is 0 Å². The number of unbranched alkanes of at least 4 members (excludes halogenated alkanes) is 4. The molecule has 0 aromatic carbocycles. The van der Waals surface area contributed by atoms with Crippen LogP contribution in [0.25, 0.3) is 0 Å². The number of hydrogen-bond acceptors (Lipinski definition) is 3. The van der Waals surface area contributed by atoms with Crippen molar-refractivity contribution in [1.29, 1.82) is 0 Å². The maximum absolute atomic E-state index is 11.1. The van der Waals surface area contributed by atoms with E-state index in [0.717, 1.165) is 19.3 Å². The molecule has 3 nitrogen and oxygen atoms in total. The largest absolute Gasteiger partial charge is 0.386 e. The molecule has 0 amide bonds. The molecule has 0 rings (SSSR count). The normalized spacial score (nSPS) is 15.1. The Morgan fingerprint density at radius 3 is 2.21 bits per heavy atom. The van der Waals surface area contributed by atoms with Crippen molar-refractivity contribution in [2.75, 3.05) is 0 Å². The van der Waals surface area contributed by atoms with E-state index >= 15 is 0 Å². The molecule has 2 N–H and O–H groups in total. The lowest BCUT2D eigenvalue weighted by molar-refractivity contribution is -0.135. The highest BCUT2D eigenvalue weighted by Crippen LogP contribution is 2.08. The third-order valence-electron chi connectivity index (χ3n) is 2.32. The van der Waals surface area contributed by atoms with Gasteiger partial charge in [-0.25, -0.2) is 0 Å². The van der Waals surface area contributed by atoms with Gasteiger partial charge in [-0.05, 0) is 13.3 Å². The van der Waals surface area contributed by atoms with Gasteiger partial charge in [-0.1, -0.05) is 39.0 Å². The Bertz CT molecular complexity index is 155. The summed E-state index contributed by atoms with van der Waals surface area (Å²) in [6.45, 7) is 3.54. The molecule has 0 saturated carbocycles. The Morgan fingerprint density at radius 2 is 1.71 bits per heavy atom. The SMILES string of the molecule is CCCCCCCC(O)C(=O)C(C)O. The molecule has 0 aliphatic carbocycles. The summed E-state index contributed by atoms with van der Waals surface area (Å²) in [5.41, 5.74) is 0. The quantitative estimate of drug-likeness (QED) is 0.588. The highest BCUT2D eigenvalue weighted by molar-refractivity contribution is 5.86. The van der Waals surface area contributed by atoms with Gasteiger partial charge in [-0.2, -0.15) is 0 Å². The van der Waals surface area contributed by atoms with Crippen LogP contribution in [-0.4, -0.2) is 28.2 Å². The number of aliphatic hydroxyl groups excluding tert-OH is 2.